The SMILES string of the molecule is CC[C@H](C)[C@@H]1NC(=O)[C@H](C)N(C)C(=O)C[C@@H](C(=O)N(C)C)N(C)C(=O)[C@H]([C@@H](C)CC)N(C)C(=O)C2(CCCC2)NC(=O)[C@H](Cc2cccc(OC)c2)N(C)C(=O)[C@H](CCc2ccc(C(F)(F)F)c(Cl)c2)NC(=O)CN(C)C(=O)[C@H](Cc2ccc(C)cc2)N(C)C(=O)C2CCN2C(=O)[C@H](C)N(C)C1=O. The van der Waals surface area contributed by atoms with Crippen molar-refractivity contribution in [1.82, 2.24) is 60.0 Å². The Labute approximate surface area is 607 Å². The summed E-state index contributed by atoms with van der Waals surface area (Å²) in [6.07, 6.45) is -4.29. The number of alkyl halides is 3. The molecule has 3 fully saturated rings. The van der Waals surface area contributed by atoms with Gasteiger partial charge in [-0.05, 0) is 106 Å². The summed E-state index contributed by atoms with van der Waals surface area (Å²) in [6.45, 7) is 11.2. The van der Waals surface area contributed by atoms with Crippen molar-refractivity contribution in [3.05, 3.63) is 99.6 Å². The van der Waals surface area contributed by atoms with Crippen molar-refractivity contribution in [2.24, 2.45) is 11.8 Å². The zero-order chi connectivity index (χ0) is 77.0. The van der Waals surface area contributed by atoms with Gasteiger partial charge in [-0.15, -0.1) is 0 Å². The number of benzene rings is 3. The minimum atomic E-state index is -4.80. The van der Waals surface area contributed by atoms with E-state index < -0.39 is 172 Å². The summed E-state index contributed by atoms with van der Waals surface area (Å²) in [5.74, 6) is -9.55. The van der Waals surface area contributed by atoms with E-state index in [1.54, 1.807) is 64.1 Å². The minimum absolute atomic E-state index is 0.0705. The van der Waals surface area contributed by atoms with Gasteiger partial charge in [0.2, 0.25) is 70.9 Å². The van der Waals surface area contributed by atoms with Crippen LogP contribution in [0.3, 0.4) is 0 Å². The Bertz CT molecular complexity index is 3610. The van der Waals surface area contributed by atoms with Gasteiger partial charge in [-0.1, -0.05) is 113 Å². The first-order chi connectivity index (χ1) is 48.2. The molecule has 2 heterocycles. The summed E-state index contributed by atoms with van der Waals surface area (Å²) in [7, 11) is 13.8. The molecule has 1 aliphatic carbocycles. The lowest BCUT2D eigenvalue weighted by Gasteiger charge is -2.45. The maximum atomic E-state index is 15.7. The molecule has 103 heavy (non-hydrogen) atoms. The van der Waals surface area contributed by atoms with Crippen molar-refractivity contribution >= 4 is 82.5 Å². The van der Waals surface area contributed by atoms with Gasteiger partial charge in [0.05, 0.1) is 30.7 Å². The van der Waals surface area contributed by atoms with Crippen LogP contribution in [0, 0.1) is 18.8 Å². The molecular formula is C74H104ClF3N12O13. The van der Waals surface area contributed by atoms with Gasteiger partial charge in [-0.25, -0.2) is 0 Å². The molecule has 0 radical (unpaired) electrons. The lowest BCUT2D eigenvalue weighted by atomic mass is 9.90. The third-order valence-electron chi connectivity index (χ3n) is 21.1. The molecule has 29 heteroatoms. The standard InChI is InChI=1S/C74H104ClF3N12O13/c1-18-44(4)61-70(100)85(12)47(7)65(95)90-36-33-55(90)69(99)87(14)57(39-49-27-25-43(3)26-28-49)68(98)83(10)42-59(91)79-54(32-30-48-29-31-52(53(75)38-48)74(76,77)78)66(96)86(13)56(40-50-23-22-24-51(37-50)103-17)64(94)81-73(34-20-21-35-73)72(102)89(16)62(45(5)19-2)71(101)88(15)58(67(97)82(8)9)41-60(92)84(11)46(6)63(93)80-61/h22-29,31,37-38,44-47,54-58,61-62H,18-21,30,32-36,39-42H2,1-17H3,(H,79,91)(H,80,93)(H,81,94)/t44-,45-,46-,47-,54-,55?,56-,57-,58-,61-,62-/m0/s1. The molecule has 3 N–H and O–H groups in total. The summed E-state index contributed by atoms with van der Waals surface area (Å²) in [5.41, 5.74) is -0.553. The molecule has 0 bridgehead atoms. The smallest absolute Gasteiger partial charge is 0.417 e. The fraction of sp³-hybridized carbons (Fsp3) is 0.595. The van der Waals surface area contributed by atoms with Crippen LogP contribution in [-0.4, -0.2) is 259 Å². The molecular weight excluding hydrogens is 1360 g/mol. The molecule has 11 atom stereocenters. The van der Waals surface area contributed by atoms with Crippen LogP contribution < -0.4 is 20.7 Å². The molecule has 3 aromatic carbocycles. The lowest BCUT2D eigenvalue weighted by Crippen LogP contribution is -2.65. The van der Waals surface area contributed by atoms with E-state index in [2.05, 4.69) is 16.0 Å². The zero-order valence-corrected chi connectivity index (χ0v) is 63.2. The van der Waals surface area contributed by atoms with Gasteiger partial charge >= 0.3 is 6.18 Å². The van der Waals surface area contributed by atoms with E-state index in [0.717, 1.165) is 37.3 Å². The Hall–Kier alpha value is -8.82. The van der Waals surface area contributed by atoms with Crippen LogP contribution in [0.25, 0.3) is 0 Å². The van der Waals surface area contributed by atoms with Gasteiger partial charge < -0.3 is 64.8 Å². The maximum absolute atomic E-state index is 15.7. The van der Waals surface area contributed by atoms with Crippen LogP contribution in [0.2, 0.25) is 5.02 Å². The highest BCUT2D eigenvalue weighted by molar-refractivity contribution is 6.31. The molecule has 12 amide bonds. The van der Waals surface area contributed by atoms with Gasteiger partial charge in [0.1, 0.15) is 65.7 Å². The first-order valence-electron chi connectivity index (χ1n) is 35.1. The van der Waals surface area contributed by atoms with Crippen LogP contribution in [0.4, 0.5) is 13.2 Å². The van der Waals surface area contributed by atoms with Crippen molar-refractivity contribution in [2.75, 3.05) is 83.6 Å². The third-order valence-corrected chi connectivity index (χ3v) is 21.4. The van der Waals surface area contributed by atoms with Gasteiger partial charge in [-0.3, -0.25) is 57.5 Å². The normalized spacial score (nSPS) is 24.9. The molecule has 2 saturated heterocycles. The molecule has 566 valence electrons. The lowest BCUT2D eigenvalue weighted by molar-refractivity contribution is -0.160. The van der Waals surface area contributed by atoms with Gasteiger partial charge in [-0.2, -0.15) is 13.2 Å². The molecule has 1 spiro atoms. The quantitative estimate of drug-likeness (QED) is 0.200. The number of halogens is 4. The van der Waals surface area contributed by atoms with Gasteiger partial charge in [0.15, 0.2) is 0 Å². The second kappa shape index (κ2) is 35.6. The average Bonchev–Trinajstić information content (AvgIpc) is 1.32. The van der Waals surface area contributed by atoms with E-state index >= 15 is 24.0 Å². The number of methoxy groups -OCH3 is 1. The minimum Gasteiger partial charge on any atom is -0.497 e. The number of nitrogens with one attached hydrogen (secondary N) is 3. The van der Waals surface area contributed by atoms with E-state index in [-0.39, 0.29) is 57.1 Å². The Morgan fingerprint density at radius 1 is 0.670 bits per heavy atom. The van der Waals surface area contributed by atoms with Crippen molar-refractivity contribution in [3.8, 4) is 5.75 Å². The highest BCUT2D eigenvalue weighted by Crippen LogP contribution is 2.37. The second-order valence-corrected chi connectivity index (χ2v) is 28.7. The van der Waals surface area contributed by atoms with Crippen LogP contribution >= 0.6 is 11.6 Å². The number of carbonyl (C=O) groups is 12. The summed E-state index contributed by atoms with van der Waals surface area (Å²) in [4.78, 5) is 190. The predicted octanol–water partition coefficient (Wildman–Crippen LogP) is 5.14. The molecule has 3 aliphatic rings. The predicted molar refractivity (Wildman–Crippen MR) is 380 cm³/mol. The number of nitrogens with zero attached hydrogens (tertiary/aromatic N) is 9. The summed E-state index contributed by atoms with van der Waals surface area (Å²) < 4.78 is 47.5. The van der Waals surface area contributed by atoms with E-state index in [9.17, 15) is 46.7 Å². The fourth-order valence-electron chi connectivity index (χ4n) is 13.5. The van der Waals surface area contributed by atoms with Crippen molar-refractivity contribution in [2.45, 2.75) is 192 Å². The maximum Gasteiger partial charge on any atom is 0.417 e. The number of amides is 12. The number of carbonyl (C=O) groups excluding carboxylic acids is 12. The number of aryl methyl sites for hydroxylation is 2. The molecule has 3 aromatic rings. The van der Waals surface area contributed by atoms with E-state index in [4.69, 9.17) is 16.3 Å². The van der Waals surface area contributed by atoms with Crippen LogP contribution in [0.5, 0.6) is 5.75 Å². The van der Waals surface area contributed by atoms with Crippen LogP contribution in [-0.2, 0) is 83.0 Å². The highest BCUT2D eigenvalue weighted by Gasteiger charge is 2.51. The van der Waals surface area contributed by atoms with Crippen molar-refractivity contribution in [1.29, 1.82) is 0 Å². The Kier molecular flexibility index (Phi) is 28.7. The highest BCUT2D eigenvalue weighted by atomic mass is 35.5. The Morgan fingerprint density at radius 3 is 1.83 bits per heavy atom. The van der Waals surface area contributed by atoms with Crippen molar-refractivity contribution in [3.63, 3.8) is 0 Å². The van der Waals surface area contributed by atoms with Crippen LogP contribution in [0.15, 0.2) is 66.7 Å². The number of ether oxygens (including phenoxy) is 1. The molecule has 6 rings (SSSR count). The molecule has 2 aliphatic heterocycles. The molecule has 25 nitrogen and oxygen atoms in total. The molecule has 1 saturated carbocycles. The molecule has 1 unspecified atom stereocenters. The largest absolute Gasteiger partial charge is 0.497 e. The summed E-state index contributed by atoms with van der Waals surface area (Å²) in [5, 5.41) is 7.94. The van der Waals surface area contributed by atoms with Gasteiger partial charge in [0, 0.05) is 82.8 Å². The number of hydrogen-bond acceptors (Lipinski definition) is 13. The van der Waals surface area contributed by atoms with Gasteiger partial charge in [0.25, 0.3) is 0 Å². The fourth-order valence-corrected chi connectivity index (χ4v) is 13.8. The van der Waals surface area contributed by atoms with Crippen molar-refractivity contribution < 1.29 is 75.4 Å². The number of hydrogen-bond donors (Lipinski definition) is 3. The van der Waals surface area contributed by atoms with E-state index in [1.165, 1.54) is 115 Å². The Balaban J connectivity index is 1.49. The Morgan fingerprint density at radius 2 is 1.27 bits per heavy atom. The topological polar surface area (TPSA) is 279 Å². The molecule has 0 aromatic heterocycles. The van der Waals surface area contributed by atoms with Crippen LogP contribution in [0.1, 0.15) is 127 Å². The number of rotatable bonds is 13. The number of likely N-dealkylation sites (N-methyl/N-ethyl adjacent to an activating group) is 8. The first kappa shape index (κ1) is 83.1. The first-order valence-corrected chi connectivity index (χ1v) is 35.5. The summed E-state index contributed by atoms with van der Waals surface area (Å²) in [6, 6.07) is 4.91. The summed E-state index contributed by atoms with van der Waals surface area (Å²) >= 11 is 6.19. The zero-order valence-electron chi connectivity index (χ0n) is 62.4. The van der Waals surface area contributed by atoms with E-state index in [0.29, 0.717) is 42.6 Å². The second-order valence-electron chi connectivity index (χ2n) is 28.3. The third kappa shape index (κ3) is 19.7. The average molecular weight is 1460 g/mol. The number of fused-ring (bicyclic) bond motifs is 1. The van der Waals surface area contributed by atoms with E-state index in [1.807, 2.05) is 19.1 Å². The monoisotopic (exact) mass is 1460 g/mol.